The Hall–Kier alpha value is -0.290. The molecule has 17 heavy (non-hydrogen) atoms. The average molecular weight is 254 g/mol. The van der Waals surface area contributed by atoms with Gasteiger partial charge in [-0.1, -0.05) is 20.3 Å². The van der Waals surface area contributed by atoms with E-state index in [1.54, 1.807) is 11.9 Å². The van der Waals surface area contributed by atoms with Crippen molar-refractivity contribution in [2.45, 2.75) is 51.7 Å². The Morgan fingerprint density at radius 1 is 1.06 bits per heavy atom. The van der Waals surface area contributed by atoms with Gasteiger partial charge in [0.15, 0.2) is 0 Å². The van der Waals surface area contributed by atoms with Gasteiger partial charge in [-0.05, 0) is 33.0 Å². The van der Waals surface area contributed by atoms with Gasteiger partial charge >= 0.3 is 6.18 Å². The van der Waals surface area contributed by atoms with E-state index in [1.165, 1.54) is 0 Å². The van der Waals surface area contributed by atoms with Crippen LogP contribution in [-0.4, -0.2) is 43.8 Å². The summed E-state index contributed by atoms with van der Waals surface area (Å²) in [5.74, 6) is 0. The topological polar surface area (TPSA) is 15.3 Å². The molecule has 0 aromatic rings. The van der Waals surface area contributed by atoms with Crippen LogP contribution in [-0.2, 0) is 0 Å². The van der Waals surface area contributed by atoms with Crippen molar-refractivity contribution in [3.63, 3.8) is 0 Å². The summed E-state index contributed by atoms with van der Waals surface area (Å²) in [6.07, 6.45) is -1.62. The van der Waals surface area contributed by atoms with Crippen LogP contribution in [0, 0.1) is 0 Å². The van der Waals surface area contributed by atoms with Gasteiger partial charge in [0, 0.05) is 12.6 Å². The Kier molecular flexibility index (Phi) is 8.60. The smallest absolute Gasteiger partial charge is 0.315 e. The molecule has 0 aliphatic carbocycles. The zero-order valence-corrected chi connectivity index (χ0v) is 11.1. The average Bonchev–Trinajstić information content (AvgIpc) is 2.19. The fraction of sp³-hybridized carbons (Fsp3) is 1.00. The minimum absolute atomic E-state index is 0.105. The van der Waals surface area contributed by atoms with E-state index in [4.69, 9.17) is 0 Å². The van der Waals surface area contributed by atoms with Gasteiger partial charge in [0.2, 0.25) is 0 Å². The van der Waals surface area contributed by atoms with Crippen molar-refractivity contribution in [1.29, 1.82) is 0 Å². The fourth-order valence-electron chi connectivity index (χ4n) is 1.50. The molecule has 104 valence electrons. The Balaban J connectivity index is 3.31. The molecular formula is C12H25F3N2. The van der Waals surface area contributed by atoms with Crippen LogP contribution in [0.5, 0.6) is 0 Å². The fourth-order valence-corrected chi connectivity index (χ4v) is 1.50. The van der Waals surface area contributed by atoms with Crippen molar-refractivity contribution in [3.8, 4) is 0 Å². The summed E-state index contributed by atoms with van der Waals surface area (Å²) in [4.78, 5) is 1.75. The Morgan fingerprint density at radius 3 is 2.24 bits per heavy atom. The first kappa shape index (κ1) is 16.7. The van der Waals surface area contributed by atoms with E-state index < -0.39 is 12.6 Å². The maximum absolute atomic E-state index is 11.9. The first-order valence-corrected chi connectivity index (χ1v) is 6.30. The SMILES string of the molecule is CC(C)NCCCCCN(C)CCC(F)(F)F. The van der Waals surface area contributed by atoms with Gasteiger partial charge in [-0.25, -0.2) is 0 Å². The summed E-state index contributed by atoms with van der Waals surface area (Å²) in [7, 11) is 1.75. The third kappa shape index (κ3) is 13.6. The quantitative estimate of drug-likeness (QED) is 0.636. The summed E-state index contributed by atoms with van der Waals surface area (Å²) in [5.41, 5.74) is 0. The monoisotopic (exact) mass is 254 g/mol. The van der Waals surface area contributed by atoms with Gasteiger partial charge in [-0.3, -0.25) is 0 Å². The molecule has 0 amide bonds. The van der Waals surface area contributed by atoms with E-state index in [-0.39, 0.29) is 6.54 Å². The number of nitrogens with one attached hydrogen (secondary N) is 1. The van der Waals surface area contributed by atoms with Crippen LogP contribution in [0.15, 0.2) is 0 Å². The third-order valence-electron chi connectivity index (χ3n) is 2.55. The largest absolute Gasteiger partial charge is 0.390 e. The molecule has 0 saturated heterocycles. The molecule has 0 aliphatic rings. The molecule has 1 N–H and O–H groups in total. The van der Waals surface area contributed by atoms with E-state index in [2.05, 4.69) is 19.2 Å². The second kappa shape index (κ2) is 8.75. The Bertz CT molecular complexity index is 181. The number of alkyl halides is 3. The van der Waals surface area contributed by atoms with Crippen molar-refractivity contribution in [1.82, 2.24) is 10.2 Å². The third-order valence-corrected chi connectivity index (χ3v) is 2.55. The van der Waals surface area contributed by atoms with Gasteiger partial charge in [0.05, 0.1) is 6.42 Å². The van der Waals surface area contributed by atoms with E-state index >= 15 is 0 Å². The van der Waals surface area contributed by atoms with Gasteiger partial charge in [0.25, 0.3) is 0 Å². The molecular weight excluding hydrogens is 229 g/mol. The normalized spacial score (nSPS) is 12.7. The molecule has 0 radical (unpaired) electrons. The first-order chi connectivity index (χ1) is 7.81. The second-order valence-corrected chi connectivity index (χ2v) is 4.84. The molecule has 0 aromatic carbocycles. The molecule has 0 aromatic heterocycles. The van der Waals surface area contributed by atoms with Crippen LogP contribution in [0.2, 0.25) is 0 Å². The summed E-state index contributed by atoms with van der Waals surface area (Å²) in [6.45, 7) is 6.05. The zero-order valence-electron chi connectivity index (χ0n) is 11.1. The summed E-state index contributed by atoms with van der Waals surface area (Å²) in [6, 6.07) is 0.504. The van der Waals surface area contributed by atoms with E-state index in [0.29, 0.717) is 6.04 Å². The molecule has 0 aliphatic heterocycles. The molecule has 0 heterocycles. The molecule has 5 heteroatoms. The van der Waals surface area contributed by atoms with Crippen molar-refractivity contribution >= 4 is 0 Å². The summed E-state index contributed by atoms with van der Waals surface area (Å²) < 4.78 is 35.8. The highest BCUT2D eigenvalue weighted by atomic mass is 19.4. The van der Waals surface area contributed by atoms with Crippen molar-refractivity contribution in [2.24, 2.45) is 0 Å². The number of hydrogen-bond acceptors (Lipinski definition) is 2. The molecule has 2 nitrogen and oxygen atoms in total. The lowest BCUT2D eigenvalue weighted by Crippen LogP contribution is -2.26. The number of rotatable bonds is 9. The first-order valence-electron chi connectivity index (χ1n) is 6.30. The highest BCUT2D eigenvalue weighted by Crippen LogP contribution is 2.19. The van der Waals surface area contributed by atoms with Crippen LogP contribution in [0.1, 0.15) is 39.5 Å². The van der Waals surface area contributed by atoms with Crippen molar-refractivity contribution in [2.75, 3.05) is 26.7 Å². The van der Waals surface area contributed by atoms with E-state index in [0.717, 1.165) is 32.4 Å². The lowest BCUT2D eigenvalue weighted by atomic mass is 10.2. The van der Waals surface area contributed by atoms with Gasteiger partial charge in [-0.15, -0.1) is 0 Å². The molecule has 0 unspecified atom stereocenters. The highest BCUT2D eigenvalue weighted by molar-refractivity contribution is 4.58. The Labute approximate surface area is 103 Å². The summed E-state index contributed by atoms with van der Waals surface area (Å²) in [5, 5.41) is 3.32. The maximum Gasteiger partial charge on any atom is 0.390 e. The molecule has 0 atom stereocenters. The van der Waals surface area contributed by atoms with Crippen LogP contribution in [0.25, 0.3) is 0 Å². The van der Waals surface area contributed by atoms with Crippen LogP contribution in [0.4, 0.5) is 13.2 Å². The molecule has 0 saturated carbocycles. The molecule has 0 spiro atoms. The molecule has 0 rings (SSSR count). The predicted molar refractivity (Wildman–Crippen MR) is 65.2 cm³/mol. The van der Waals surface area contributed by atoms with Crippen LogP contribution < -0.4 is 5.32 Å². The van der Waals surface area contributed by atoms with E-state index in [1.807, 2.05) is 0 Å². The second-order valence-electron chi connectivity index (χ2n) is 4.84. The van der Waals surface area contributed by atoms with Crippen molar-refractivity contribution < 1.29 is 13.2 Å². The minimum Gasteiger partial charge on any atom is -0.315 e. The molecule has 0 bridgehead atoms. The number of nitrogens with zero attached hydrogens (tertiary/aromatic N) is 1. The lowest BCUT2D eigenvalue weighted by Gasteiger charge is -2.17. The standard InChI is InChI=1S/C12H25F3N2/c1-11(2)16-8-5-4-6-9-17(3)10-7-12(13,14)15/h11,16H,4-10H2,1-3H3. The Morgan fingerprint density at radius 2 is 1.71 bits per heavy atom. The summed E-state index contributed by atoms with van der Waals surface area (Å²) >= 11 is 0. The van der Waals surface area contributed by atoms with Gasteiger partial charge in [-0.2, -0.15) is 13.2 Å². The van der Waals surface area contributed by atoms with Gasteiger partial charge < -0.3 is 10.2 Å². The number of halogens is 3. The number of unbranched alkanes of at least 4 members (excludes halogenated alkanes) is 2. The zero-order chi connectivity index (χ0) is 13.3. The highest BCUT2D eigenvalue weighted by Gasteiger charge is 2.26. The predicted octanol–water partition coefficient (Wildman–Crippen LogP) is 3.04. The lowest BCUT2D eigenvalue weighted by molar-refractivity contribution is -0.137. The molecule has 0 fully saturated rings. The minimum atomic E-state index is -4.03. The van der Waals surface area contributed by atoms with Crippen LogP contribution in [0.3, 0.4) is 0 Å². The maximum atomic E-state index is 11.9. The van der Waals surface area contributed by atoms with Crippen molar-refractivity contribution in [3.05, 3.63) is 0 Å². The van der Waals surface area contributed by atoms with Gasteiger partial charge in [0.1, 0.15) is 0 Å². The van der Waals surface area contributed by atoms with Crippen LogP contribution >= 0.6 is 0 Å². The van der Waals surface area contributed by atoms with E-state index in [9.17, 15) is 13.2 Å². The number of hydrogen-bond donors (Lipinski definition) is 1.